The minimum absolute atomic E-state index is 0.854. The highest BCUT2D eigenvalue weighted by atomic mass is 79.9. The molecule has 0 heterocycles. The summed E-state index contributed by atoms with van der Waals surface area (Å²) in [6.07, 6.45) is -10.8. The fourth-order valence-corrected chi connectivity index (χ4v) is 0.485. The number of rotatable bonds is 0. The number of hydrogen-bond donors (Lipinski definition) is 0. The minimum atomic E-state index is -4.98. The molecule has 0 saturated heterocycles. The Balaban J connectivity index is 4.49. The van der Waals surface area contributed by atoms with E-state index < -0.39 is 22.9 Å². The molecule has 7 heteroatoms. The van der Waals surface area contributed by atoms with Gasteiger partial charge in [-0.1, -0.05) is 0 Å². The fourth-order valence-electron chi connectivity index (χ4n) is 0.226. The fraction of sp³-hybridized carbons (Fsp3) is 0.500. The average molecular weight is 243 g/mol. The predicted octanol–water partition coefficient (Wildman–Crippen LogP) is 3.39. The SMILES string of the molecule is FC(F)(F)C=C(Br)C(F)(F)F. The number of hydrogen-bond acceptors (Lipinski definition) is 0. The molecule has 0 amide bonds. The standard InChI is InChI=1S/C4HBrF6/c5-2(4(9,10)11)1-3(6,7)8/h1H. The molecule has 0 radical (unpaired) electrons. The van der Waals surface area contributed by atoms with Gasteiger partial charge in [-0.25, -0.2) is 0 Å². The van der Waals surface area contributed by atoms with Crippen LogP contribution in [0.3, 0.4) is 0 Å². The molecule has 11 heavy (non-hydrogen) atoms. The van der Waals surface area contributed by atoms with Gasteiger partial charge in [0.25, 0.3) is 0 Å². The molecule has 0 aliphatic rings. The largest absolute Gasteiger partial charge is 0.422 e. The Morgan fingerprint density at radius 1 is 1.00 bits per heavy atom. The van der Waals surface area contributed by atoms with Gasteiger partial charge < -0.3 is 0 Å². The van der Waals surface area contributed by atoms with E-state index >= 15 is 0 Å². The van der Waals surface area contributed by atoms with Crippen LogP contribution in [0.1, 0.15) is 0 Å². The molecular weight excluding hydrogens is 242 g/mol. The van der Waals surface area contributed by atoms with Crippen molar-refractivity contribution in [3.63, 3.8) is 0 Å². The second-order valence-electron chi connectivity index (χ2n) is 1.53. The summed E-state index contributed by atoms with van der Waals surface area (Å²) in [5.74, 6) is 0. The summed E-state index contributed by atoms with van der Waals surface area (Å²) in [6, 6.07) is 0. The molecule has 0 spiro atoms. The smallest absolute Gasteiger partial charge is 0.167 e. The van der Waals surface area contributed by atoms with Crippen molar-refractivity contribution < 1.29 is 26.3 Å². The van der Waals surface area contributed by atoms with Crippen LogP contribution in [0.4, 0.5) is 26.3 Å². The molecule has 0 N–H and O–H groups in total. The molecule has 0 bridgehead atoms. The zero-order valence-corrected chi connectivity index (χ0v) is 6.31. The van der Waals surface area contributed by atoms with Crippen molar-refractivity contribution in [1.82, 2.24) is 0 Å². The summed E-state index contributed by atoms with van der Waals surface area (Å²) in [4.78, 5) is 0. The molecule has 0 aliphatic carbocycles. The third-order valence-electron chi connectivity index (χ3n) is 0.561. The van der Waals surface area contributed by atoms with Gasteiger partial charge in [-0.15, -0.1) is 0 Å². The van der Waals surface area contributed by atoms with Crippen LogP contribution in [0, 0.1) is 0 Å². The van der Waals surface area contributed by atoms with Crippen LogP contribution in [-0.4, -0.2) is 12.4 Å². The molecule has 0 aliphatic heterocycles. The first-order chi connectivity index (χ1) is 4.63. The number of alkyl halides is 6. The molecule has 0 atom stereocenters. The number of allylic oxidation sites excluding steroid dienone is 2. The highest BCUT2D eigenvalue weighted by molar-refractivity contribution is 9.11. The Morgan fingerprint density at radius 2 is 1.36 bits per heavy atom. The lowest BCUT2D eigenvalue weighted by atomic mass is 10.5. The highest BCUT2D eigenvalue weighted by Gasteiger charge is 2.36. The predicted molar refractivity (Wildman–Crippen MR) is 29.1 cm³/mol. The van der Waals surface area contributed by atoms with E-state index in [0.29, 0.717) is 0 Å². The van der Waals surface area contributed by atoms with Crippen molar-refractivity contribution in [2.24, 2.45) is 0 Å². The van der Waals surface area contributed by atoms with Gasteiger partial charge in [0.05, 0.1) is 0 Å². The van der Waals surface area contributed by atoms with E-state index in [0.717, 1.165) is 0 Å². The van der Waals surface area contributed by atoms with Gasteiger partial charge in [0, 0.05) is 6.08 Å². The Morgan fingerprint density at radius 3 is 1.45 bits per heavy atom. The zero-order chi connectivity index (χ0) is 9.28. The van der Waals surface area contributed by atoms with E-state index in [9.17, 15) is 26.3 Å². The van der Waals surface area contributed by atoms with Crippen molar-refractivity contribution >= 4 is 15.9 Å². The Hall–Kier alpha value is -0.200. The van der Waals surface area contributed by atoms with Crippen LogP contribution in [0.15, 0.2) is 10.6 Å². The van der Waals surface area contributed by atoms with Gasteiger partial charge in [0.1, 0.15) is 4.48 Å². The van der Waals surface area contributed by atoms with Crippen LogP contribution in [-0.2, 0) is 0 Å². The summed E-state index contributed by atoms with van der Waals surface area (Å²) in [6.45, 7) is 0. The van der Waals surface area contributed by atoms with E-state index in [2.05, 4.69) is 0 Å². The van der Waals surface area contributed by atoms with Crippen molar-refractivity contribution in [1.29, 1.82) is 0 Å². The van der Waals surface area contributed by atoms with Crippen LogP contribution in [0.5, 0.6) is 0 Å². The first kappa shape index (κ1) is 10.8. The van der Waals surface area contributed by atoms with Gasteiger partial charge in [-0.05, 0) is 15.9 Å². The van der Waals surface area contributed by atoms with Crippen molar-refractivity contribution in [2.75, 3.05) is 0 Å². The topological polar surface area (TPSA) is 0 Å². The summed E-state index contributed by atoms with van der Waals surface area (Å²) in [5, 5.41) is 0. The Bertz CT molecular complexity index is 162. The summed E-state index contributed by atoms with van der Waals surface area (Å²) in [5.41, 5.74) is 0. The van der Waals surface area contributed by atoms with E-state index in [4.69, 9.17) is 0 Å². The molecule has 0 saturated carbocycles. The van der Waals surface area contributed by atoms with Gasteiger partial charge in [-0.2, -0.15) is 26.3 Å². The second-order valence-corrected chi connectivity index (χ2v) is 2.39. The molecule has 0 aromatic heterocycles. The molecular formula is C4HBrF6. The molecule has 0 fully saturated rings. The molecule has 0 unspecified atom stereocenters. The Kier molecular flexibility index (Phi) is 2.98. The molecule has 66 valence electrons. The van der Waals surface area contributed by atoms with E-state index in [1.165, 1.54) is 0 Å². The zero-order valence-electron chi connectivity index (χ0n) is 4.72. The van der Waals surface area contributed by atoms with Gasteiger partial charge in [0.2, 0.25) is 0 Å². The molecule has 0 aromatic carbocycles. The van der Waals surface area contributed by atoms with Crippen molar-refractivity contribution in [2.45, 2.75) is 12.4 Å². The molecule has 0 nitrogen and oxygen atoms in total. The van der Waals surface area contributed by atoms with Gasteiger partial charge in [-0.3, -0.25) is 0 Å². The molecule has 0 aromatic rings. The maximum atomic E-state index is 11.4. The lowest BCUT2D eigenvalue weighted by Crippen LogP contribution is -2.11. The van der Waals surface area contributed by atoms with Crippen molar-refractivity contribution in [3.05, 3.63) is 10.6 Å². The van der Waals surface area contributed by atoms with Crippen LogP contribution in [0.25, 0.3) is 0 Å². The molecule has 0 rings (SSSR count). The van der Waals surface area contributed by atoms with Crippen LogP contribution in [0.2, 0.25) is 0 Å². The van der Waals surface area contributed by atoms with Crippen LogP contribution >= 0.6 is 15.9 Å². The monoisotopic (exact) mass is 242 g/mol. The van der Waals surface area contributed by atoms with Crippen molar-refractivity contribution in [3.8, 4) is 0 Å². The first-order valence-corrected chi connectivity index (χ1v) is 2.94. The average Bonchev–Trinajstić information content (AvgIpc) is 1.56. The van der Waals surface area contributed by atoms with Gasteiger partial charge in [0.15, 0.2) is 0 Å². The maximum absolute atomic E-state index is 11.4. The lowest BCUT2D eigenvalue weighted by molar-refractivity contribution is -0.100. The lowest BCUT2D eigenvalue weighted by Gasteiger charge is -2.05. The third kappa shape index (κ3) is 5.11. The highest BCUT2D eigenvalue weighted by Crippen LogP contribution is 2.33. The van der Waals surface area contributed by atoms with E-state index in [1.807, 2.05) is 0 Å². The summed E-state index contributed by atoms with van der Waals surface area (Å²) in [7, 11) is 0. The van der Waals surface area contributed by atoms with Gasteiger partial charge >= 0.3 is 12.4 Å². The Labute approximate surface area is 66.0 Å². The third-order valence-corrected chi connectivity index (χ3v) is 1.24. The summed E-state index contributed by atoms with van der Waals surface area (Å²) < 4.78 is 65.9. The van der Waals surface area contributed by atoms with E-state index in [1.54, 1.807) is 15.9 Å². The normalized spacial score (nSPS) is 15.4. The minimum Gasteiger partial charge on any atom is -0.167 e. The van der Waals surface area contributed by atoms with Crippen LogP contribution < -0.4 is 0 Å². The maximum Gasteiger partial charge on any atom is 0.422 e. The van der Waals surface area contributed by atoms with E-state index in [-0.39, 0.29) is 0 Å². The summed E-state index contributed by atoms with van der Waals surface area (Å²) >= 11 is 1.75. The number of halogens is 7. The second kappa shape index (κ2) is 3.04. The first-order valence-electron chi connectivity index (χ1n) is 2.15. The quantitative estimate of drug-likeness (QED) is 0.572.